The van der Waals surface area contributed by atoms with Crippen molar-refractivity contribution in [2.75, 3.05) is 29.3 Å². The van der Waals surface area contributed by atoms with Crippen molar-refractivity contribution in [3.63, 3.8) is 0 Å². The zero-order chi connectivity index (χ0) is 26.2. The van der Waals surface area contributed by atoms with Crippen molar-refractivity contribution in [3.8, 4) is 11.5 Å². The third-order valence-corrected chi connectivity index (χ3v) is 7.54. The number of hydrogen-bond donors (Lipinski definition) is 3. The van der Waals surface area contributed by atoms with Gasteiger partial charge in [0.15, 0.2) is 17.0 Å². The van der Waals surface area contributed by atoms with Crippen LogP contribution in [0.25, 0.3) is 0 Å². The number of imide groups is 1. The molecule has 0 radical (unpaired) electrons. The standard InChI is InChI=1S/C25H27N3O7S/c1-13(29)26-14-7-9-15(10-8-14)28-22(31)18-19(23(28)32)25(24(33)34,11-12-36-3)27-20(18)16-5-4-6-17(35-2)21(16)30/h4-10,18-20,27,30H,11-12H2,1-3H3,(H,26,29)(H,33,34). The van der Waals surface area contributed by atoms with E-state index in [0.29, 0.717) is 17.0 Å². The maximum Gasteiger partial charge on any atom is 0.244 e. The number of carbonyl (C=O) groups is 4. The SMILES string of the molecule is COc1cccc(C2[NH2+]C(CCSC)(C(=O)[O-])C3C(=O)N(c4ccc(NC(C)=O)cc4)C(=O)C23)c1O. The molecule has 190 valence electrons. The van der Waals surface area contributed by atoms with E-state index in [4.69, 9.17) is 4.74 Å². The number of hydrogen-bond acceptors (Lipinski definition) is 8. The van der Waals surface area contributed by atoms with Crippen LogP contribution in [0, 0.1) is 11.8 Å². The summed E-state index contributed by atoms with van der Waals surface area (Å²) in [4.78, 5) is 52.5. The van der Waals surface area contributed by atoms with Gasteiger partial charge in [-0.1, -0.05) is 6.07 Å². The highest BCUT2D eigenvalue weighted by molar-refractivity contribution is 7.98. The normalized spacial score (nSPS) is 25.1. The first kappa shape index (κ1) is 25.5. The van der Waals surface area contributed by atoms with Crippen molar-refractivity contribution in [3.05, 3.63) is 48.0 Å². The van der Waals surface area contributed by atoms with Crippen molar-refractivity contribution in [2.45, 2.75) is 24.9 Å². The van der Waals surface area contributed by atoms with Gasteiger partial charge in [-0.2, -0.15) is 11.8 Å². The number of nitrogens with two attached hydrogens (primary N) is 1. The number of para-hydroxylation sites is 1. The number of phenols is 1. The Kier molecular flexibility index (Phi) is 6.96. The second-order valence-electron chi connectivity index (χ2n) is 8.90. The first-order valence-electron chi connectivity index (χ1n) is 11.3. The smallest absolute Gasteiger partial charge is 0.244 e. The number of carboxylic acid groups (broad SMARTS) is 1. The van der Waals surface area contributed by atoms with Gasteiger partial charge in [0.05, 0.1) is 18.4 Å². The number of thioether (sulfide) groups is 1. The quantitative estimate of drug-likeness (QED) is 0.418. The maximum atomic E-state index is 13.8. The summed E-state index contributed by atoms with van der Waals surface area (Å²) in [6, 6.07) is 10.1. The highest BCUT2D eigenvalue weighted by atomic mass is 32.2. The molecule has 4 unspecified atom stereocenters. The molecule has 0 bridgehead atoms. The van der Waals surface area contributed by atoms with Gasteiger partial charge in [-0.3, -0.25) is 14.4 Å². The summed E-state index contributed by atoms with van der Waals surface area (Å²) in [5.74, 6) is -4.76. The summed E-state index contributed by atoms with van der Waals surface area (Å²) in [5.41, 5.74) is -0.646. The first-order chi connectivity index (χ1) is 17.2. The Bertz CT molecular complexity index is 1220. The number of nitrogens with one attached hydrogen (secondary N) is 1. The second-order valence-corrected chi connectivity index (χ2v) is 9.89. The topological polar surface area (TPSA) is 153 Å². The first-order valence-corrected chi connectivity index (χ1v) is 12.7. The van der Waals surface area contributed by atoms with Crippen molar-refractivity contribution >= 4 is 46.8 Å². The van der Waals surface area contributed by atoms with Crippen LogP contribution in [-0.2, 0) is 19.2 Å². The molecule has 2 aromatic carbocycles. The maximum absolute atomic E-state index is 13.8. The van der Waals surface area contributed by atoms with Crippen LogP contribution in [0.3, 0.4) is 0 Å². The molecule has 4 rings (SSSR count). The monoisotopic (exact) mass is 513 g/mol. The molecular formula is C25H27N3O7S. The van der Waals surface area contributed by atoms with Gasteiger partial charge in [0.2, 0.25) is 17.7 Å². The predicted molar refractivity (Wildman–Crippen MR) is 130 cm³/mol. The number of aromatic hydroxyl groups is 1. The molecule has 36 heavy (non-hydrogen) atoms. The Balaban J connectivity index is 1.82. The molecular weight excluding hydrogens is 486 g/mol. The van der Waals surface area contributed by atoms with E-state index in [1.165, 1.54) is 43.2 Å². The number of carboxylic acids is 1. The van der Waals surface area contributed by atoms with Crippen molar-refractivity contribution in [2.24, 2.45) is 11.8 Å². The van der Waals surface area contributed by atoms with E-state index in [-0.39, 0.29) is 29.5 Å². The van der Waals surface area contributed by atoms with E-state index in [9.17, 15) is 29.4 Å². The average Bonchev–Trinajstić information content (AvgIpc) is 3.32. The summed E-state index contributed by atoms with van der Waals surface area (Å²) in [6.45, 7) is 1.36. The zero-order valence-electron chi connectivity index (χ0n) is 20.0. The number of rotatable bonds is 8. The fourth-order valence-corrected chi connectivity index (χ4v) is 5.88. The zero-order valence-corrected chi connectivity index (χ0v) is 20.8. The number of ether oxygens (including phenoxy) is 1. The van der Waals surface area contributed by atoms with Crippen molar-refractivity contribution in [1.29, 1.82) is 0 Å². The van der Waals surface area contributed by atoms with Crippen LogP contribution >= 0.6 is 11.8 Å². The van der Waals surface area contributed by atoms with Gasteiger partial charge in [0, 0.05) is 19.0 Å². The molecule has 2 aromatic rings. The molecule has 11 heteroatoms. The fraction of sp³-hybridized carbons (Fsp3) is 0.360. The number of quaternary nitrogens is 1. The number of aliphatic carboxylic acids is 1. The van der Waals surface area contributed by atoms with Gasteiger partial charge >= 0.3 is 0 Å². The van der Waals surface area contributed by atoms with Crippen LogP contribution in [0.5, 0.6) is 11.5 Å². The van der Waals surface area contributed by atoms with E-state index >= 15 is 0 Å². The van der Waals surface area contributed by atoms with Crippen molar-refractivity contribution < 1.29 is 39.4 Å². The third-order valence-electron chi connectivity index (χ3n) is 6.92. The Labute approximate surface area is 212 Å². The summed E-state index contributed by atoms with van der Waals surface area (Å²) in [7, 11) is 1.39. The third kappa shape index (κ3) is 4.07. The molecule has 10 nitrogen and oxygen atoms in total. The minimum atomic E-state index is -1.70. The number of fused-ring (bicyclic) bond motifs is 1. The van der Waals surface area contributed by atoms with Gasteiger partial charge in [0.1, 0.15) is 23.8 Å². The summed E-state index contributed by atoms with van der Waals surface area (Å²) >= 11 is 1.43. The molecule has 2 saturated heterocycles. The van der Waals surface area contributed by atoms with E-state index < -0.39 is 41.2 Å². The van der Waals surface area contributed by atoms with Gasteiger partial charge in [-0.15, -0.1) is 0 Å². The number of methoxy groups -OCH3 is 1. The van der Waals surface area contributed by atoms with Crippen LogP contribution in [0.15, 0.2) is 42.5 Å². The molecule has 0 aromatic heterocycles. The molecule has 2 fully saturated rings. The Morgan fingerprint density at radius 2 is 1.89 bits per heavy atom. The Hall–Kier alpha value is -3.57. The minimum absolute atomic E-state index is 0.0905. The second kappa shape index (κ2) is 9.82. The minimum Gasteiger partial charge on any atom is -0.544 e. The van der Waals surface area contributed by atoms with E-state index in [1.54, 1.807) is 30.3 Å². The lowest BCUT2D eigenvalue weighted by Gasteiger charge is -2.32. The van der Waals surface area contributed by atoms with Crippen LogP contribution in [-0.4, -0.2) is 53.5 Å². The lowest BCUT2D eigenvalue weighted by molar-refractivity contribution is -0.739. The van der Waals surface area contributed by atoms with Crippen LogP contribution in [0.1, 0.15) is 24.9 Å². The van der Waals surface area contributed by atoms with Crippen molar-refractivity contribution in [1.82, 2.24) is 0 Å². The van der Waals surface area contributed by atoms with Crippen LogP contribution in [0.2, 0.25) is 0 Å². The molecule has 0 aliphatic carbocycles. The van der Waals surface area contributed by atoms with Crippen LogP contribution in [0.4, 0.5) is 11.4 Å². The van der Waals surface area contributed by atoms with E-state index in [1.807, 2.05) is 6.26 Å². The molecule has 0 saturated carbocycles. The average molecular weight is 514 g/mol. The fourth-order valence-electron chi connectivity index (χ4n) is 5.34. The summed E-state index contributed by atoms with van der Waals surface area (Å²) in [6.07, 6.45) is 1.92. The molecule has 0 spiro atoms. The summed E-state index contributed by atoms with van der Waals surface area (Å²) in [5, 5.41) is 27.6. The van der Waals surface area contributed by atoms with Gasteiger partial charge in [0.25, 0.3) is 0 Å². The molecule has 2 aliphatic heterocycles. The van der Waals surface area contributed by atoms with E-state index in [0.717, 1.165) is 4.90 Å². The Morgan fingerprint density at radius 1 is 1.19 bits per heavy atom. The summed E-state index contributed by atoms with van der Waals surface area (Å²) < 4.78 is 5.21. The van der Waals surface area contributed by atoms with E-state index in [2.05, 4.69) is 5.32 Å². The number of nitrogens with zero attached hydrogens (tertiary/aromatic N) is 1. The largest absolute Gasteiger partial charge is 0.544 e. The number of benzene rings is 2. The molecule has 2 heterocycles. The predicted octanol–water partition coefficient (Wildman–Crippen LogP) is 0.0249. The highest BCUT2D eigenvalue weighted by Crippen LogP contribution is 2.49. The highest BCUT2D eigenvalue weighted by Gasteiger charge is 2.70. The van der Waals surface area contributed by atoms with Gasteiger partial charge in [-0.25, -0.2) is 4.90 Å². The van der Waals surface area contributed by atoms with Gasteiger partial charge < -0.3 is 30.4 Å². The molecule has 2 aliphatic rings. The number of amides is 3. The molecule has 4 atom stereocenters. The van der Waals surface area contributed by atoms with Crippen LogP contribution < -0.4 is 25.4 Å². The number of phenolic OH excluding ortho intramolecular Hbond substituents is 1. The Morgan fingerprint density at radius 3 is 2.47 bits per heavy atom. The lowest BCUT2D eigenvalue weighted by Crippen LogP contribution is -2.99. The van der Waals surface area contributed by atoms with Gasteiger partial charge in [-0.05, 0) is 48.4 Å². The number of anilines is 2. The molecule has 3 amide bonds. The molecule has 4 N–H and O–H groups in total. The number of carbonyl (C=O) groups excluding carboxylic acids is 4. The lowest BCUT2D eigenvalue weighted by atomic mass is 9.78.